The number of anilines is 3. The SMILES string of the molecule is Cc1cc(Nc2cccc(C(=O)O)c2)nc(NCCc2ccc(F)cc2)n1. The highest BCUT2D eigenvalue weighted by molar-refractivity contribution is 5.89. The van der Waals surface area contributed by atoms with E-state index in [-0.39, 0.29) is 11.4 Å². The number of hydrogen-bond acceptors (Lipinski definition) is 5. The maximum absolute atomic E-state index is 12.9. The van der Waals surface area contributed by atoms with Crippen molar-refractivity contribution in [1.29, 1.82) is 0 Å². The number of nitrogens with one attached hydrogen (secondary N) is 2. The molecule has 27 heavy (non-hydrogen) atoms. The Morgan fingerprint density at radius 3 is 2.63 bits per heavy atom. The van der Waals surface area contributed by atoms with Crippen LogP contribution in [0.1, 0.15) is 21.6 Å². The van der Waals surface area contributed by atoms with E-state index < -0.39 is 5.97 Å². The molecular weight excluding hydrogens is 347 g/mol. The monoisotopic (exact) mass is 366 g/mol. The lowest BCUT2D eigenvalue weighted by atomic mass is 10.1. The summed E-state index contributed by atoms with van der Waals surface area (Å²) in [5.41, 5.74) is 2.61. The summed E-state index contributed by atoms with van der Waals surface area (Å²) in [6.45, 7) is 2.45. The number of carboxylic acid groups (broad SMARTS) is 1. The molecular formula is C20H19FN4O2. The smallest absolute Gasteiger partial charge is 0.335 e. The maximum atomic E-state index is 12.9. The van der Waals surface area contributed by atoms with Crippen LogP contribution >= 0.6 is 0 Å². The zero-order valence-corrected chi connectivity index (χ0v) is 14.7. The second kappa shape index (κ2) is 8.27. The van der Waals surface area contributed by atoms with E-state index >= 15 is 0 Å². The van der Waals surface area contributed by atoms with Crippen LogP contribution in [0.2, 0.25) is 0 Å². The van der Waals surface area contributed by atoms with Gasteiger partial charge in [0.15, 0.2) is 0 Å². The molecule has 0 unspecified atom stereocenters. The fourth-order valence-corrected chi connectivity index (χ4v) is 2.56. The Bertz CT molecular complexity index is 945. The first-order chi connectivity index (χ1) is 13.0. The summed E-state index contributed by atoms with van der Waals surface area (Å²) >= 11 is 0. The molecule has 1 heterocycles. The van der Waals surface area contributed by atoms with Gasteiger partial charge in [-0.2, -0.15) is 4.98 Å². The molecule has 0 aliphatic carbocycles. The number of aryl methyl sites for hydroxylation is 1. The quantitative estimate of drug-likeness (QED) is 0.585. The lowest BCUT2D eigenvalue weighted by molar-refractivity contribution is 0.0697. The van der Waals surface area contributed by atoms with Gasteiger partial charge in [-0.25, -0.2) is 14.2 Å². The minimum absolute atomic E-state index is 0.198. The number of benzene rings is 2. The third kappa shape index (κ3) is 5.24. The van der Waals surface area contributed by atoms with Crippen molar-refractivity contribution in [2.45, 2.75) is 13.3 Å². The van der Waals surface area contributed by atoms with E-state index in [1.807, 2.05) is 6.92 Å². The molecule has 0 spiro atoms. The second-order valence-corrected chi connectivity index (χ2v) is 6.03. The zero-order valence-electron chi connectivity index (χ0n) is 14.7. The van der Waals surface area contributed by atoms with Gasteiger partial charge in [-0.1, -0.05) is 18.2 Å². The molecule has 7 heteroatoms. The van der Waals surface area contributed by atoms with Crippen molar-refractivity contribution in [3.05, 3.63) is 77.2 Å². The van der Waals surface area contributed by atoms with Crippen molar-refractivity contribution >= 4 is 23.4 Å². The Kier molecular flexibility index (Phi) is 5.61. The molecule has 0 radical (unpaired) electrons. The van der Waals surface area contributed by atoms with E-state index in [9.17, 15) is 9.18 Å². The topological polar surface area (TPSA) is 87.1 Å². The average Bonchev–Trinajstić information content (AvgIpc) is 2.63. The van der Waals surface area contributed by atoms with Crippen molar-refractivity contribution in [3.8, 4) is 0 Å². The molecule has 0 bridgehead atoms. The average molecular weight is 366 g/mol. The highest BCUT2D eigenvalue weighted by Gasteiger charge is 2.06. The van der Waals surface area contributed by atoms with Gasteiger partial charge in [-0.05, 0) is 49.2 Å². The Hall–Kier alpha value is -3.48. The van der Waals surface area contributed by atoms with E-state index in [0.717, 1.165) is 11.3 Å². The van der Waals surface area contributed by atoms with Gasteiger partial charge in [-0.15, -0.1) is 0 Å². The van der Waals surface area contributed by atoms with Gasteiger partial charge in [0.25, 0.3) is 0 Å². The molecule has 2 aromatic carbocycles. The number of rotatable bonds is 7. The van der Waals surface area contributed by atoms with Gasteiger partial charge in [-0.3, -0.25) is 0 Å². The lowest BCUT2D eigenvalue weighted by Crippen LogP contribution is -2.09. The zero-order chi connectivity index (χ0) is 19.2. The lowest BCUT2D eigenvalue weighted by Gasteiger charge is -2.10. The minimum Gasteiger partial charge on any atom is -0.478 e. The third-order valence-electron chi connectivity index (χ3n) is 3.85. The molecule has 0 aliphatic heterocycles. The summed E-state index contributed by atoms with van der Waals surface area (Å²) in [6, 6.07) is 14.7. The van der Waals surface area contributed by atoms with Crippen LogP contribution in [0.5, 0.6) is 0 Å². The fraction of sp³-hybridized carbons (Fsp3) is 0.150. The Morgan fingerprint density at radius 2 is 1.89 bits per heavy atom. The van der Waals surface area contributed by atoms with Crippen LogP contribution in [-0.4, -0.2) is 27.6 Å². The summed E-state index contributed by atoms with van der Waals surface area (Å²) in [6.07, 6.45) is 0.709. The highest BCUT2D eigenvalue weighted by atomic mass is 19.1. The predicted molar refractivity (Wildman–Crippen MR) is 102 cm³/mol. The Labute approximate surface area is 156 Å². The van der Waals surface area contributed by atoms with Crippen molar-refractivity contribution in [2.75, 3.05) is 17.2 Å². The molecule has 0 atom stereocenters. The van der Waals surface area contributed by atoms with E-state index in [1.54, 1.807) is 36.4 Å². The molecule has 0 amide bonds. The first-order valence-corrected chi connectivity index (χ1v) is 8.44. The summed E-state index contributed by atoms with van der Waals surface area (Å²) < 4.78 is 12.9. The van der Waals surface area contributed by atoms with E-state index in [0.29, 0.717) is 30.4 Å². The van der Waals surface area contributed by atoms with E-state index in [1.165, 1.54) is 18.2 Å². The van der Waals surface area contributed by atoms with Crippen LogP contribution in [-0.2, 0) is 6.42 Å². The number of carbonyl (C=O) groups is 1. The molecule has 0 saturated heterocycles. The first-order valence-electron chi connectivity index (χ1n) is 8.44. The predicted octanol–water partition coefficient (Wildman–Crippen LogP) is 4.02. The molecule has 3 N–H and O–H groups in total. The standard InChI is InChI=1S/C20H19FN4O2/c1-13-11-18(24-17-4-2-3-15(12-17)19(26)27)25-20(23-13)22-10-9-14-5-7-16(21)8-6-14/h2-8,11-12H,9-10H2,1H3,(H,26,27)(H2,22,23,24,25). The van der Waals surface area contributed by atoms with Crippen LogP contribution in [0.25, 0.3) is 0 Å². The molecule has 0 aliphatic rings. The molecule has 3 aromatic rings. The van der Waals surface area contributed by atoms with E-state index in [4.69, 9.17) is 5.11 Å². The van der Waals surface area contributed by atoms with Crippen LogP contribution < -0.4 is 10.6 Å². The van der Waals surface area contributed by atoms with Gasteiger partial charge >= 0.3 is 5.97 Å². The van der Waals surface area contributed by atoms with Gasteiger partial charge in [0.2, 0.25) is 5.95 Å². The normalized spacial score (nSPS) is 10.4. The Morgan fingerprint density at radius 1 is 1.11 bits per heavy atom. The fourth-order valence-electron chi connectivity index (χ4n) is 2.56. The van der Waals surface area contributed by atoms with E-state index in [2.05, 4.69) is 20.6 Å². The number of carboxylic acids is 1. The number of halogens is 1. The molecule has 0 saturated carbocycles. The number of nitrogens with zero attached hydrogens (tertiary/aromatic N) is 2. The van der Waals surface area contributed by atoms with Gasteiger partial charge in [0.1, 0.15) is 11.6 Å². The molecule has 0 fully saturated rings. The molecule has 6 nitrogen and oxygen atoms in total. The van der Waals surface area contributed by atoms with Crippen LogP contribution in [0.3, 0.4) is 0 Å². The molecule has 138 valence electrons. The number of hydrogen-bond donors (Lipinski definition) is 3. The number of aromatic nitrogens is 2. The third-order valence-corrected chi connectivity index (χ3v) is 3.85. The van der Waals surface area contributed by atoms with Crippen LogP contribution in [0, 0.1) is 12.7 Å². The van der Waals surface area contributed by atoms with Crippen molar-refractivity contribution < 1.29 is 14.3 Å². The van der Waals surface area contributed by atoms with Gasteiger partial charge in [0, 0.05) is 24.0 Å². The second-order valence-electron chi connectivity index (χ2n) is 6.03. The summed E-state index contributed by atoms with van der Waals surface area (Å²) in [5.74, 6) is -0.208. The largest absolute Gasteiger partial charge is 0.478 e. The van der Waals surface area contributed by atoms with Crippen molar-refractivity contribution in [3.63, 3.8) is 0 Å². The minimum atomic E-state index is -0.985. The maximum Gasteiger partial charge on any atom is 0.335 e. The van der Waals surface area contributed by atoms with Crippen molar-refractivity contribution in [1.82, 2.24) is 9.97 Å². The summed E-state index contributed by atoms with van der Waals surface area (Å²) in [7, 11) is 0. The van der Waals surface area contributed by atoms with Crippen molar-refractivity contribution in [2.24, 2.45) is 0 Å². The Balaban J connectivity index is 1.66. The van der Waals surface area contributed by atoms with Gasteiger partial charge < -0.3 is 15.7 Å². The van der Waals surface area contributed by atoms with Gasteiger partial charge in [0.05, 0.1) is 5.56 Å². The highest BCUT2D eigenvalue weighted by Crippen LogP contribution is 2.18. The molecule has 3 rings (SSSR count). The number of aromatic carboxylic acids is 1. The first kappa shape index (κ1) is 18.3. The summed E-state index contributed by atoms with van der Waals surface area (Å²) in [4.78, 5) is 19.8. The molecule has 1 aromatic heterocycles. The summed E-state index contributed by atoms with van der Waals surface area (Å²) in [5, 5.41) is 15.3. The van der Waals surface area contributed by atoms with Crippen LogP contribution in [0.15, 0.2) is 54.6 Å². The van der Waals surface area contributed by atoms with Crippen LogP contribution in [0.4, 0.5) is 21.8 Å².